The van der Waals surface area contributed by atoms with Crippen LogP contribution in [0.3, 0.4) is 0 Å². The lowest BCUT2D eigenvalue weighted by atomic mass is 10.3. The molecule has 0 radical (unpaired) electrons. The summed E-state index contributed by atoms with van der Waals surface area (Å²) in [5.74, 6) is -1.45. The van der Waals surface area contributed by atoms with Crippen LogP contribution in [0.1, 0.15) is 0 Å². The zero-order chi connectivity index (χ0) is 13.3. The molecule has 0 fully saturated rings. The third-order valence-corrected chi connectivity index (χ3v) is 2.16. The van der Waals surface area contributed by atoms with Crippen LogP contribution < -0.4 is 14.1 Å². The van der Waals surface area contributed by atoms with Crippen LogP contribution in [-0.4, -0.2) is 25.9 Å². The Morgan fingerprint density at radius 2 is 1.53 bits per heavy atom. The Morgan fingerprint density at radius 3 is 2.00 bits per heavy atom. The molecule has 0 spiro atoms. The van der Waals surface area contributed by atoms with Crippen molar-refractivity contribution in [1.82, 2.24) is 0 Å². The maximum atomic E-state index is 10.5. The molecule has 11 heteroatoms. The molecule has 17 heavy (non-hydrogen) atoms. The average Bonchev–Trinajstić information content (AvgIpc) is 2.07. The molecule has 0 aromatic heterocycles. The van der Waals surface area contributed by atoms with E-state index in [1.54, 1.807) is 0 Å². The van der Waals surface area contributed by atoms with Crippen LogP contribution in [-0.2, 0) is 20.8 Å². The average molecular weight is 285 g/mol. The van der Waals surface area contributed by atoms with Crippen LogP contribution in [0.4, 0.5) is 5.69 Å². The van der Waals surface area contributed by atoms with Crippen molar-refractivity contribution in [2.24, 2.45) is 0 Å². The molecule has 9 nitrogen and oxygen atoms in total. The van der Waals surface area contributed by atoms with E-state index in [-0.39, 0.29) is 5.69 Å². The van der Waals surface area contributed by atoms with Crippen LogP contribution in [0.2, 0.25) is 0 Å². The molecular weight excluding hydrogens is 278 g/mol. The second-order valence-electron chi connectivity index (χ2n) is 2.70. The lowest BCUT2D eigenvalue weighted by Gasteiger charge is -2.09. The van der Waals surface area contributed by atoms with Crippen molar-refractivity contribution in [3.63, 3.8) is 0 Å². The molecule has 96 valence electrons. The van der Waals surface area contributed by atoms with Gasteiger partial charge in [-0.3, -0.25) is 9.11 Å². The third kappa shape index (κ3) is 4.44. The first kappa shape index (κ1) is 13.5. The van der Waals surface area contributed by atoms with Gasteiger partial charge in [0.15, 0.2) is 5.75 Å². The Morgan fingerprint density at radius 1 is 1.00 bits per heavy atom. The van der Waals surface area contributed by atoms with Crippen LogP contribution in [0.5, 0.6) is 11.5 Å². The number of nitrogen functional groups attached to an aromatic ring is 1. The van der Waals surface area contributed by atoms with Gasteiger partial charge in [-0.05, 0) is 12.1 Å². The molecule has 1 rings (SSSR count). The fraction of sp³-hybridized carbons (Fsp3) is 0. The summed E-state index contributed by atoms with van der Waals surface area (Å²) < 4.78 is 66.8. The van der Waals surface area contributed by atoms with Crippen molar-refractivity contribution in [3.05, 3.63) is 18.2 Å². The molecule has 0 saturated carbocycles. The van der Waals surface area contributed by atoms with Crippen LogP contribution in [0.25, 0.3) is 0 Å². The lowest BCUT2D eigenvalue weighted by molar-refractivity contribution is 0.362. The number of nitrogens with two attached hydrogens (primary N) is 1. The molecule has 1 aromatic carbocycles. The second kappa shape index (κ2) is 4.37. The Labute approximate surface area is 96.7 Å². The van der Waals surface area contributed by atoms with E-state index in [0.717, 1.165) is 12.1 Å². The highest BCUT2D eigenvalue weighted by atomic mass is 32.3. The van der Waals surface area contributed by atoms with Gasteiger partial charge in [0, 0.05) is 0 Å². The zero-order valence-corrected chi connectivity index (χ0v) is 9.60. The number of para-hydroxylation sites is 1. The van der Waals surface area contributed by atoms with Gasteiger partial charge in [0.25, 0.3) is 0 Å². The number of anilines is 1. The molecule has 0 atom stereocenters. The lowest BCUT2D eigenvalue weighted by Crippen LogP contribution is -2.12. The van der Waals surface area contributed by atoms with Gasteiger partial charge in [0.05, 0.1) is 5.69 Å². The first-order valence-corrected chi connectivity index (χ1v) is 6.54. The van der Waals surface area contributed by atoms with E-state index in [1.165, 1.54) is 6.07 Å². The number of hydrogen-bond acceptors (Lipinski definition) is 7. The summed E-state index contributed by atoms with van der Waals surface area (Å²) >= 11 is 0. The minimum absolute atomic E-state index is 0.316. The molecule has 0 bridgehead atoms. The van der Waals surface area contributed by atoms with Crippen molar-refractivity contribution in [3.8, 4) is 11.5 Å². The summed E-state index contributed by atoms with van der Waals surface area (Å²) in [6.07, 6.45) is 0. The molecule has 0 aliphatic carbocycles. The molecule has 1 aromatic rings. The van der Waals surface area contributed by atoms with E-state index < -0.39 is 32.3 Å². The zero-order valence-electron chi connectivity index (χ0n) is 7.97. The fourth-order valence-electron chi connectivity index (χ4n) is 0.906. The van der Waals surface area contributed by atoms with Crippen molar-refractivity contribution in [2.75, 3.05) is 5.73 Å². The largest absolute Gasteiger partial charge is 0.446 e. The minimum Gasteiger partial charge on any atom is -0.396 e. The number of rotatable bonds is 4. The Hall–Kier alpha value is -1.56. The predicted molar refractivity (Wildman–Crippen MR) is 55.2 cm³/mol. The molecule has 0 unspecified atom stereocenters. The Balaban J connectivity index is 3.27. The Bertz CT molecular complexity index is 619. The first-order valence-electron chi connectivity index (χ1n) is 3.81. The van der Waals surface area contributed by atoms with Gasteiger partial charge in [-0.15, -0.1) is 0 Å². The first-order chi connectivity index (χ1) is 7.58. The quantitative estimate of drug-likeness (QED) is 0.496. The topological polar surface area (TPSA) is 153 Å². The molecule has 0 saturated heterocycles. The normalized spacial score (nSPS) is 12.1. The molecule has 0 heterocycles. The summed E-state index contributed by atoms with van der Waals surface area (Å²) in [6, 6.07) is 3.34. The van der Waals surface area contributed by atoms with E-state index in [1.807, 2.05) is 0 Å². The molecular formula is C6H7NO8S2. The number of benzene rings is 1. The highest BCUT2D eigenvalue weighted by molar-refractivity contribution is 7.81. The van der Waals surface area contributed by atoms with Crippen LogP contribution in [0.15, 0.2) is 18.2 Å². The molecule has 0 amide bonds. The summed E-state index contributed by atoms with van der Waals surface area (Å²) in [7, 11) is -9.80. The molecule has 0 aliphatic rings. The summed E-state index contributed by atoms with van der Waals surface area (Å²) in [4.78, 5) is 0. The summed E-state index contributed by atoms with van der Waals surface area (Å²) in [6.45, 7) is 0. The van der Waals surface area contributed by atoms with Gasteiger partial charge < -0.3 is 14.1 Å². The van der Waals surface area contributed by atoms with Crippen molar-refractivity contribution >= 4 is 26.5 Å². The maximum absolute atomic E-state index is 10.5. The van der Waals surface area contributed by atoms with Gasteiger partial charge in [-0.25, -0.2) is 0 Å². The van der Waals surface area contributed by atoms with Gasteiger partial charge in [0.2, 0.25) is 5.75 Å². The summed E-state index contributed by atoms with van der Waals surface area (Å²) in [5, 5.41) is 0. The standard InChI is InChI=1S/C6H7NO8S2/c7-4-2-1-3-5(14-16(8,9)10)6(4)15-17(11,12)13/h1-3H,7H2,(H,8,9,10)(H,11,12,13). The predicted octanol–water partition coefficient (Wildman–Crippen LogP) is -0.368. The minimum atomic E-state index is -4.91. The van der Waals surface area contributed by atoms with Gasteiger partial charge >= 0.3 is 20.8 Å². The van der Waals surface area contributed by atoms with E-state index in [9.17, 15) is 16.8 Å². The Kier molecular flexibility index (Phi) is 3.47. The van der Waals surface area contributed by atoms with E-state index in [0.29, 0.717) is 0 Å². The van der Waals surface area contributed by atoms with Crippen molar-refractivity contribution in [1.29, 1.82) is 0 Å². The van der Waals surface area contributed by atoms with Crippen LogP contribution in [0, 0.1) is 0 Å². The number of hydrogen-bond donors (Lipinski definition) is 3. The van der Waals surface area contributed by atoms with Crippen molar-refractivity contribution in [2.45, 2.75) is 0 Å². The summed E-state index contributed by atoms with van der Waals surface area (Å²) in [5.41, 5.74) is 4.97. The maximum Gasteiger partial charge on any atom is 0.446 e. The third-order valence-electron chi connectivity index (χ3n) is 1.39. The van der Waals surface area contributed by atoms with Gasteiger partial charge in [0.1, 0.15) is 0 Å². The van der Waals surface area contributed by atoms with Crippen LogP contribution >= 0.6 is 0 Å². The monoisotopic (exact) mass is 285 g/mol. The van der Waals surface area contributed by atoms with Gasteiger partial charge in [-0.2, -0.15) is 16.8 Å². The van der Waals surface area contributed by atoms with E-state index >= 15 is 0 Å². The van der Waals surface area contributed by atoms with E-state index in [2.05, 4.69) is 8.37 Å². The smallest absolute Gasteiger partial charge is 0.396 e. The van der Waals surface area contributed by atoms with E-state index in [4.69, 9.17) is 14.8 Å². The highest BCUT2D eigenvalue weighted by Crippen LogP contribution is 2.34. The fourth-order valence-corrected chi connectivity index (χ4v) is 1.65. The SMILES string of the molecule is Nc1cccc(OS(=O)(=O)O)c1OS(=O)(=O)O. The van der Waals surface area contributed by atoms with Gasteiger partial charge in [-0.1, -0.05) is 6.07 Å². The second-order valence-corrected chi connectivity index (χ2v) is 4.74. The van der Waals surface area contributed by atoms with Crippen molar-refractivity contribution < 1.29 is 34.3 Å². The molecule has 4 N–H and O–H groups in total. The highest BCUT2D eigenvalue weighted by Gasteiger charge is 2.19. The molecule has 0 aliphatic heterocycles.